The van der Waals surface area contributed by atoms with Gasteiger partial charge in [0.25, 0.3) is 5.91 Å². The van der Waals surface area contributed by atoms with E-state index in [2.05, 4.69) is 25.9 Å². The summed E-state index contributed by atoms with van der Waals surface area (Å²) in [5.74, 6) is 0.0684. The minimum atomic E-state index is -0.317. The molecule has 0 radical (unpaired) electrons. The van der Waals surface area contributed by atoms with Crippen molar-refractivity contribution in [2.45, 2.75) is 13.8 Å². The molecule has 0 saturated carbocycles. The Hall–Kier alpha value is -3.74. The predicted molar refractivity (Wildman–Crippen MR) is 105 cm³/mol. The van der Waals surface area contributed by atoms with E-state index in [1.165, 1.54) is 19.3 Å². The molecule has 136 valence electrons. The summed E-state index contributed by atoms with van der Waals surface area (Å²) in [4.78, 5) is 31.7. The van der Waals surface area contributed by atoms with Gasteiger partial charge in [-0.3, -0.25) is 9.59 Å². The van der Waals surface area contributed by atoms with Crippen LogP contribution in [0.5, 0.6) is 0 Å². The minimum Gasteiger partial charge on any atom is -0.339 e. The largest absolute Gasteiger partial charge is 0.339 e. The van der Waals surface area contributed by atoms with Crippen molar-refractivity contribution in [1.82, 2.24) is 9.97 Å². The SMILES string of the molecule is CC(=O)Nc1ccc(Nc2cnc(C(=O)Nc3ccccc3C)cn2)cc1. The second-order valence-electron chi connectivity index (χ2n) is 5.94. The molecule has 2 amide bonds. The van der Waals surface area contributed by atoms with E-state index in [0.717, 1.165) is 16.9 Å². The van der Waals surface area contributed by atoms with Gasteiger partial charge in [0, 0.05) is 24.0 Å². The van der Waals surface area contributed by atoms with E-state index < -0.39 is 0 Å². The van der Waals surface area contributed by atoms with Crippen LogP contribution < -0.4 is 16.0 Å². The quantitative estimate of drug-likeness (QED) is 0.643. The van der Waals surface area contributed by atoms with Crippen LogP contribution >= 0.6 is 0 Å². The molecule has 0 aliphatic carbocycles. The van der Waals surface area contributed by atoms with Gasteiger partial charge in [-0.1, -0.05) is 18.2 Å². The number of amides is 2. The highest BCUT2D eigenvalue weighted by Gasteiger charge is 2.10. The van der Waals surface area contributed by atoms with Crippen molar-refractivity contribution >= 4 is 34.7 Å². The van der Waals surface area contributed by atoms with Crippen LogP contribution in [0.25, 0.3) is 0 Å². The van der Waals surface area contributed by atoms with Crippen molar-refractivity contribution in [1.29, 1.82) is 0 Å². The van der Waals surface area contributed by atoms with Gasteiger partial charge >= 0.3 is 0 Å². The fourth-order valence-electron chi connectivity index (χ4n) is 2.40. The summed E-state index contributed by atoms with van der Waals surface area (Å²) < 4.78 is 0. The normalized spacial score (nSPS) is 10.1. The fraction of sp³-hybridized carbons (Fsp3) is 0.100. The molecule has 0 bridgehead atoms. The smallest absolute Gasteiger partial charge is 0.275 e. The Balaban J connectivity index is 1.64. The van der Waals surface area contributed by atoms with E-state index >= 15 is 0 Å². The lowest BCUT2D eigenvalue weighted by Crippen LogP contribution is -2.15. The second kappa shape index (κ2) is 8.09. The molecule has 1 heterocycles. The standard InChI is InChI=1S/C20H19N5O2/c1-13-5-3-4-6-17(13)25-20(27)18-11-22-19(12-21-18)24-16-9-7-15(8-10-16)23-14(2)26/h3-12H,1-2H3,(H,22,24)(H,23,26)(H,25,27). The summed E-state index contributed by atoms with van der Waals surface area (Å²) in [5.41, 5.74) is 3.44. The molecule has 7 heteroatoms. The van der Waals surface area contributed by atoms with Gasteiger partial charge in [-0.25, -0.2) is 9.97 Å². The summed E-state index contributed by atoms with van der Waals surface area (Å²) in [5, 5.41) is 8.61. The molecule has 3 rings (SSSR count). The summed E-state index contributed by atoms with van der Waals surface area (Å²) in [6.45, 7) is 3.38. The number of rotatable bonds is 5. The average molecular weight is 361 g/mol. The maximum absolute atomic E-state index is 12.3. The first-order valence-electron chi connectivity index (χ1n) is 8.35. The molecule has 0 aliphatic heterocycles. The minimum absolute atomic E-state index is 0.124. The third kappa shape index (κ3) is 4.88. The van der Waals surface area contributed by atoms with Crippen LogP contribution in [0.2, 0.25) is 0 Å². The number of hydrogen-bond acceptors (Lipinski definition) is 5. The second-order valence-corrected chi connectivity index (χ2v) is 5.94. The predicted octanol–water partition coefficient (Wildman–Crippen LogP) is 3.74. The Morgan fingerprint density at radius 2 is 1.56 bits per heavy atom. The van der Waals surface area contributed by atoms with Crippen LogP contribution in [-0.4, -0.2) is 21.8 Å². The molecule has 0 spiro atoms. The van der Waals surface area contributed by atoms with Gasteiger partial charge in [0.2, 0.25) is 5.91 Å². The van der Waals surface area contributed by atoms with Crippen LogP contribution in [0.3, 0.4) is 0 Å². The summed E-state index contributed by atoms with van der Waals surface area (Å²) >= 11 is 0. The topological polar surface area (TPSA) is 96.0 Å². The first kappa shape index (κ1) is 18.1. The van der Waals surface area contributed by atoms with Crippen molar-refractivity contribution in [3.05, 3.63) is 72.2 Å². The Kier molecular flexibility index (Phi) is 5.41. The number of nitrogens with one attached hydrogen (secondary N) is 3. The molecule has 0 atom stereocenters. The zero-order chi connectivity index (χ0) is 19.2. The molecule has 0 saturated heterocycles. The van der Waals surface area contributed by atoms with Gasteiger partial charge in [0.05, 0.1) is 12.4 Å². The zero-order valence-corrected chi connectivity index (χ0v) is 15.0. The highest BCUT2D eigenvalue weighted by Crippen LogP contribution is 2.18. The van der Waals surface area contributed by atoms with Crippen molar-refractivity contribution in [3.63, 3.8) is 0 Å². The number of carbonyl (C=O) groups is 2. The van der Waals surface area contributed by atoms with Crippen molar-refractivity contribution in [2.75, 3.05) is 16.0 Å². The molecule has 1 aromatic heterocycles. The lowest BCUT2D eigenvalue weighted by Gasteiger charge is -2.09. The molecule has 0 fully saturated rings. The third-order valence-electron chi connectivity index (χ3n) is 3.76. The number of aryl methyl sites for hydroxylation is 1. The molecule has 0 aliphatic rings. The molecule has 7 nitrogen and oxygen atoms in total. The highest BCUT2D eigenvalue weighted by atomic mass is 16.2. The van der Waals surface area contributed by atoms with Crippen molar-refractivity contribution in [3.8, 4) is 0 Å². The van der Waals surface area contributed by atoms with Crippen LogP contribution in [0, 0.1) is 6.92 Å². The van der Waals surface area contributed by atoms with E-state index in [-0.39, 0.29) is 17.5 Å². The Morgan fingerprint density at radius 3 is 2.19 bits per heavy atom. The number of para-hydroxylation sites is 1. The zero-order valence-electron chi connectivity index (χ0n) is 15.0. The van der Waals surface area contributed by atoms with Crippen LogP contribution in [0.1, 0.15) is 23.0 Å². The number of anilines is 4. The lowest BCUT2D eigenvalue weighted by molar-refractivity contribution is -0.114. The highest BCUT2D eigenvalue weighted by molar-refractivity contribution is 6.03. The van der Waals surface area contributed by atoms with E-state index in [9.17, 15) is 9.59 Å². The molecule has 27 heavy (non-hydrogen) atoms. The maximum atomic E-state index is 12.3. The molecule has 3 N–H and O–H groups in total. The summed E-state index contributed by atoms with van der Waals surface area (Å²) in [6.07, 6.45) is 2.91. The van der Waals surface area contributed by atoms with Gasteiger partial charge in [-0.05, 0) is 42.8 Å². The number of benzene rings is 2. The van der Waals surface area contributed by atoms with E-state index in [4.69, 9.17) is 0 Å². The number of hydrogen-bond donors (Lipinski definition) is 3. The average Bonchev–Trinajstić information content (AvgIpc) is 2.65. The van der Waals surface area contributed by atoms with Gasteiger partial charge < -0.3 is 16.0 Å². The molecule has 3 aromatic rings. The van der Waals surface area contributed by atoms with Crippen molar-refractivity contribution < 1.29 is 9.59 Å². The molecular formula is C20H19N5O2. The van der Waals surface area contributed by atoms with Crippen LogP contribution in [0.4, 0.5) is 22.9 Å². The van der Waals surface area contributed by atoms with Crippen LogP contribution in [-0.2, 0) is 4.79 Å². The lowest BCUT2D eigenvalue weighted by atomic mass is 10.2. The molecule has 2 aromatic carbocycles. The van der Waals surface area contributed by atoms with E-state index in [1.807, 2.05) is 43.3 Å². The first-order chi connectivity index (χ1) is 13.0. The molecular weight excluding hydrogens is 342 g/mol. The van der Waals surface area contributed by atoms with Gasteiger partial charge in [-0.15, -0.1) is 0 Å². The number of carbonyl (C=O) groups excluding carboxylic acids is 2. The Labute approximate surface area is 156 Å². The van der Waals surface area contributed by atoms with E-state index in [0.29, 0.717) is 11.5 Å². The molecule has 0 unspecified atom stereocenters. The summed E-state index contributed by atoms with van der Waals surface area (Å²) in [7, 11) is 0. The maximum Gasteiger partial charge on any atom is 0.275 e. The number of aromatic nitrogens is 2. The first-order valence-corrected chi connectivity index (χ1v) is 8.35. The third-order valence-corrected chi connectivity index (χ3v) is 3.76. The van der Waals surface area contributed by atoms with Crippen LogP contribution in [0.15, 0.2) is 60.9 Å². The summed E-state index contributed by atoms with van der Waals surface area (Å²) in [6, 6.07) is 14.7. The van der Waals surface area contributed by atoms with Gasteiger partial charge in [0.15, 0.2) is 0 Å². The van der Waals surface area contributed by atoms with Gasteiger partial charge in [0.1, 0.15) is 11.5 Å². The Morgan fingerprint density at radius 1 is 0.852 bits per heavy atom. The Bertz CT molecular complexity index is 953. The number of nitrogens with zero attached hydrogens (tertiary/aromatic N) is 2. The van der Waals surface area contributed by atoms with E-state index in [1.54, 1.807) is 12.1 Å². The van der Waals surface area contributed by atoms with Gasteiger partial charge in [-0.2, -0.15) is 0 Å². The fourth-order valence-corrected chi connectivity index (χ4v) is 2.40. The monoisotopic (exact) mass is 361 g/mol. The van der Waals surface area contributed by atoms with Crippen molar-refractivity contribution in [2.24, 2.45) is 0 Å².